The van der Waals surface area contributed by atoms with Crippen molar-refractivity contribution >= 4 is 20.3 Å². The average Bonchev–Trinajstić information content (AvgIpc) is 1.67. The van der Waals surface area contributed by atoms with Crippen LogP contribution in [0.15, 0.2) is 0 Å². The molecule has 8 heavy (non-hydrogen) atoms. The predicted octanol–water partition coefficient (Wildman–Crippen LogP) is 1.95. The van der Waals surface area contributed by atoms with Gasteiger partial charge in [-0.15, -0.1) is 11.6 Å². The van der Waals surface area contributed by atoms with Crippen LogP contribution in [0.4, 0.5) is 17.0 Å². The number of halogens is 5. The third kappa shape index (κ3) is 2.00. The second-order valence-electron chi connectivity index (χ2n) is 1.20. The maximum atomic E-state index is 11.5. The van der Waals surface area contributed by atoms with E-state index in [1.165, 1.54) is 0 Å². The fourth-order valence-electron chi connectivity index (χ4n) is 0.0583. The van der Waals surface area contributed by atoms with Gasteiger partial charge in [0.15, 0.2) is 0 Å². The Morgan fingerprint density at radius 2 is 1.75 bits per heavy atom. The van der Waals surface area contributed by atoms with E-state index in [1.54, 1.807) is 0 Å². The van der Waals surface area contributed by atoms with Gasteiger partial charge in [-0.05, 0) is 0 Å². The maximum absolute atomic E-state index is 11.5. The van der Waals surface area contributed by atoms with Crippen LogP contribution in [0.1, 0.15) is 0 Å². The van der Waals surface area contributed by atoms with Crippen LogP contribution in [-0.4, -0.2) is 20.3 Å². The molecule has 0 rings (SSSR count). The van der Waals surface area contributed by atoms with Crippen molar-refractivity contribution in [3.8, 4) is 0 Å². The van der Waals surface area contributed by atoms with Crippen LogP contribution in [0.25, 0.3) is 0 Å². The Balaban J connectivity index is 3.71. The highest BCUT2D eigenvalue weighted by atomic mass is 35.5. The van der Waals surface area contributed by atoms with Crippen molar-refractivity contribution in [1.29, 1.82) is 0 Å². The van der Waals surface area contributed by atoms with E-state index in [0.717, 1.165) is 0 Å². The highest BCUT2D eigenvalue weighted by Crippen LogP contribution is 2.17. The monoisotopic (exact) mass is 166 g/mol. The third-order valence-corrected chi connectivity index (χ3v) is 2.56. The van der Waals surface area contributed by atoms with Crippen molar-refractivity contribution in [2.45, 2.75) is 6.05 Å². The maximum Gasteiger partial charge on any atom is 0.502 e. The van der Waals surface area contributed by atoms with Crippen molar-refractivity contribution < 1.29 is 17.0 Å². The zero-order valence-electron chi connectivity index (χ0n) is 3.67. The van der Waals surface area contributed by atoms with E-state index < -0.39 is 20.3 Å². The first-order chi connectivity index (χ1) is 3.50. The van der Waals surface area contributed by atoms with Crippen molar-refractivity contribution in [1.82, 2.24) is 0 Å². The molecule has 0 aromatic carbocycles. The van der Waals surface area contributed by atoms with Crippen molar-refractivity contribution in [3.05, 3.63) is 0 Å². The molecule has 0 saturated heterocycles. The van der Waals surface area contributed by atoms with E-state index in [-0.39, 0.29) is 0 Å². The Bertz CT molecular complexity index is 74.4. The lowest BCUT2D eigenvalue weighted by Gasteiger charge is -2.04. The molecule has 0 aromatic rings. The van der Waals surface area contributed by atoms with Crippen LogP contribution in [0.2, 0.25) is 0 Å². The van der Waals surface area contributed by atoms with E-state index >= 15 is 0 Å². The molecule has 0 nitrogen and oxygen atoms in total. The Morgan fingerprint density at radius 3 is 1.75 bits per heavy atom. The van der Waals surface area contributed by atoms with Gasteiger partial charge in [0.05, 0.1) is 5.50 Å². The molecule has 0 atom stereocenters. The first kappa shape index (κ1) is 8.23. The lowest BCUT2D eigenvalue weighted by molar-refractivity contribution is 0.197. The van der Waals surface area contributed by atoms with E-state index in [1.807, 2.05) is 0 Å². The Labute approximate surface area is 49.8 Å². The first-order valence-corrected chi connectivity index (χ1v) is 4.30. The highest BCUT2D eigenvalue weighted by Gasteiger charge is 2.45. The lowest BCUT2D eigenvalue weighted by atomic mass is 11.7. The zero-order chi connectivity index (χ0) is 6.78. The largest absolute Gasteiger partial charge is 0.502 e. The summed E-state index contributed by atoms with van der Waals surface area (Å²) >= 11 is 4.52. The Morgan fingerprint density at radius 1 is 1.38 bits per heavy atom. The molecule has 0 saturated carbocycles. The minimum atomic E-state index is -5.32. The first-order valence-electron chi connectivity index (χ1n) is 1.72. The van der Waals surface area contributed by atoms with Gasteiger partial charge in [-0.25, -0.2) is 8.78 Å². The Hall–Kier alpha value is 0.227. The Kier molecular flexibility index (Phi) is 2.76. The van der Waals surface area contributed by atoms with Crippen LogP contribution >= 0.6 is 11.6 Å². The molecule has 0 aromatic heterocycles. The summed E-state index contributed by atoms with van der Waals surface area (Å²) in [6.45, 7) is 0. The van der Waals surface area contributed by atoms with E-state index in [4.69, 9.17) is 0 Å². The van der Waals surface area contributed by atoms with Crippen LogP contribution in [0.5, 0.6) is 0 Å². The lowest BCUT2D eigenvalue weighted by Crippen LogP contribution is -2.35. The predicted molar refractivity (Wildman–Crippen MR) is 24.7 cm³/mol. The SMILES string of the molecule is FC(F)[Si](F)(F)CCl. The second-order valence-corrected chi connectivity index (χ2v) is 4.22. The van der Waals surface area contributed by atoms with Crippen molar-refractivity contribution in [2.24, 2.45) is 0 Å². The molecule has 0 radical (unpaired) electrons. The molecule has 0 aliphatic rings. The molecule has 0 aliphatic heterocycles. The summed E-state index contributed by atoms with van der Waals surface area (Å²) in [6.07, 6.45) is 0. The molecule has 0 fully saturated rings. The van der Waals surface area contributed by atoms with Crippen LogP contribution in [-0.2, 0) is 0 Å². The van der Waals surface area contributed by atoms with Crippen LogP contribution < -0.4 is 0 Å². The molecule has 0 aliphatic carbocycles. The molecular weight excluding hydrogens is 164 g/mol. The fraction of sp³-hybridized carbons (Fsp3) is 1.00. The summed E-state index contributed by atoms with van der Waals surface area (Å²) in [5, 5.41) is 0. The number of hydrogen-bond acceptors (Lipinski definition) is 0. The van der Waals surface area contributed by atoms with Gasteiger partial charge < -0.3 is 0 Å². The zero-order valence-corrected chi connectivity index (χ0v) is 5.43. The highest BCUT2D eigenvalue weighted by molar-refractivity contribution is 6.74. The van der Waals surface area contributed by atoms with Gasteiger partial charge in [-0.1, -0.05) is 0 Å². The molecule has 6 heteroatoms. The molecule has 0 amide bonds. The summed E-state index contributed by atoms with van der Waals surface area (Å²) < 4.78 is 45.1. The quantitative estimate of drug-likeness (QED) is 0.255. The summed E-state index contributed by atoms with van der Waals surface area (Å²) in [7, 11) is -5.32. The van der Waals surface area contributed by atoms with Crippen molar-refractivity contribution in [3.63, 3.8) is 0 Å². The fourth-order valence-corrected chi connectivity index (χ4v) is 0.525. The molecule has 0 spiro atoms. The van der Waals surface area contributed by atoms with Gasteiger partial charge in [0, 0.05) is 0 Å². The summed E-state index contributed by atoms with van der Waals surface area (Å²) in [6, 6.07) is -3.51. The molecule has 0 bridgehead atoms. The van der Waals surface area contributed by atoms with Gasteiger partial charge >= 0.3 is 8.74 Å². The third-order valence-electron chi connectivity index (χ3n) is 0.497. The topological polar surface area (TPSA) is 0 Å². The summed E-state index contributed by atoms with van der Waals surface area (Å²) in [5.74, 6) is 0. The summed E-state index contributed by atoms with van der Waals surface area (Å²) in [4.78, 5) is 0. The van der Waals surface area contributed by atoms with Gasteiger partial charge in [0.2, 0.25) is 0 Å². The normalized spacial score (nSPS) is 12.8. The van der Waals surface area contributed by atoms with Gasteiger partial charge in [0.25, 0.3) is 6.05 Å². The smallest absolute Gasteiger partial charge is 0.263 e. The minimum Gasteiger partial charge on any atom is -0.263 e. The van der Waals surface area contributed by atoms with Gasteiger partial charge in [-0.3, -0.25) is 8.22 Å². The van der Waals surface area contributed by atoms with Gasteiger partial charge in [0.1, 0.15) is 0 Å². The van der Waals surface area contributed by atoms with Gasteiger partial charge in [-0.2, -0.15) is 0 Å². The van der Waals surface area contributed by atoms with E-state index in [9.17, 15) is 17.0 Å². The van der Waals surface area contributed by atoms with Crippen LogP contribution in [0.3, 0.4) is 0 Å². The average molecular weight is 167 g/mol. The number of rotatable bonds is 2. The van der Waals surface area contributed by atoms with E-state index in [2.05, 4.69) is 11.6 Å². The molecule has 0 N–H and O–H groups in total. The summed E-state index contributed by atoms with van der Waals surface area (Å²) in [5.41, 5.74) is -1.19. The minimum absolute atomic E-state index is 1.19. The molecule has 50 valence electrons. The number of hydrogen-bond donors (Lipinski definition) is 0. The number of alkyl halides is 3. The standard InChI is InChI=1S/C2H3ClF4Si/c3-1-8(6,7)2(4)5/h2H,1H2. The van der Waals surface area contributed by atoms with Crippen LogP contribution in [0, 0.1) is 0 Å². The molecular formula is C2H3ClF4Si. The molecule has 0 unspecified atom stereocenters. The van der Waals surface area contributed by atoms with Crippen molar-refractivity contribution in [2.75, 3.05) is 5.50 Å². The van der Waals surface area contributed by atoms with E-state index in [0.29, 0.717) is 0 Å². The second kappa shape index (κ2) is 2.68. The molecule has 0 heterocycles.